The maximum absolute atomic E-state index is 13.0. The fraction of sp³-hybridized carbons (Fsp3) is 0.300. The maximum atomic E-state index is 13.0. The Balaban J connectivity index is 1.56. The van der Waals surface area contributed by atoms with Crippen molar-refractivity contribution < 1.29 is 14.4 Å². The van der Waals surface area contributed by atoms with Gasteiger partial charge in [-0.2, -0.15) is 5.10 Å². The normalized spacial score (nSPS) is 18.9. The first-order valence-corrected chi connectivity index (χ1v) is 9.58. The lowest BCUT2D eigenvalue weighted by atomic mass is 9.90. The van der Waals surface area contributed by atoms with Crippen molar-refractivity contribution in [1.29, 1.82) is 0 Å². The molecule has 10 nitrogen and oxygen atoms in total. The number of nitrogens with two attached hydrogens (primary N) is 1. The lowest BCUT2D eigenvalue weighted by molar-refractivity contribution is -0.146. The van der Waals surface area contributed by atoms with Gasteiger partial charge in [-0.05, 0) is 36.5 Å². The highest BCUT2D eigenvalue weighted by Crippen LogP contribution is 2.34. The highest BCUT2D eigenvalue weighted by Gasteiger charge is 2.34. The molecule has 0 radical (unpaired) electrons. The third-order valence-electron chi connectivity index (χ3n) is 5.25. The molecule has 0 aliphatic carbocycles. The summed E-state index contributed by atoms with van der Waals surface area (Å²) in [7, 11) is 0. The van der Waals surface area contributed by atoms with Gasteiger partial charge in [0.1, 0.15) is 0 Å². The number of aromatic nitrogens is 4. The van der Waals surface area contributed by atoms with Crippen molar-refractivity contribution >= 4 is 34.4 Å². The summed E-state index contributed by atoms with van der Waals surface area (Å²) in [5, 5.41) is 10.1. The molecule has 1 aliphatic heterocycles. The molecule has 0 bridgehead atoms. The number of nitrogens with one attached hydrogen (secondary N) is 2. The molecule has 1 saturated heterocycles. The first kappa shape index (κ1) is 19.5. The number of H-pyrrole nitrogens is 1. The van der Waals surface area contributed by atoms with E-state index in [9.17, 15) is 14.4 Å². The van der Waals surface area contributed by atoms with Crippen LogP contribution in [0.3, 0.4) is 0 Å². The van der Waals surface area contributed by atoms with E-state index in [-0.39, 0.29) is 23.2 Å². The summed E-state index contributed by atoms with van der Waals surface area (Å²) in [6.07, 6.45) is 7.69. The van der Waals surface area contributed by atoms with Gasteiger partial charge in [0, 0.05) is 24.3 Å². The summed E-state index contributed by atoms with van der Waals surface area (Å²) in [4.78, 5) is 46.8. The van der Waals surface area contributed by atoms with Gasteiger partial charge in [-0.1, -0.05) is 6.92 Å². The van der Waals surface area contributed by atoms with Crippen LogP contribution in [-0.2, 0) is 9.59 Å². The number of hydrogen-bond donors (Lipinski definition) is 3. The number of rotatable bonds is 3. The first-order chi connectivity index (χ1) is 14.4. The molecule has 4 N–H and O–H groups in total. The number of aromatic amines is 1. The molecule has 0 spiro atoms. The molecule has 1 aliphatic rings. The van der Waals surface area contributed by atoms with E-state index < -0.39 is 17.7 Å². The third-order valence-corrected chi connectivity index (χ3v) is 5.25. The number of nitrogens with zero attached hydrogens (tertiary/aromatic N) is 4. The predicted octanol–water partition coefficient (Wildman–Crippen LogP) is 1.39. The highest BCUT2D eigenvalue weighted by atomic mass is 16.2. The van der Waals surface area contributed by atoms with E-state index in [1.807, 2.05) is 13.0 Å². The van der Waals surface area contributed by atoms with E-state index in [1.165, 1.54) is 18.5 Å². The molecule has 2 atom stereocenters. The zero-order valence-corrected chi connectivity index (χ0v) is 16.3. The Bertz CT molecular complexity index is 1130. The van der Waals surface area contributed by atoms with Crippen molar-refractivity contribution in [2.45, 2.75) is 25.8 Å². The number of carbonyl (C=O) groups is 3. The van der Waals surface area contributed by atoms with Gasteiger partial charge >= 0.3 is 11.8 Å². The summed E-state index contributed by atoms with van der Waals surface area (Å²) in [6.45, 7) is 2.51. The van der Waals surface area contributed by atoms with Crippen molar-refractivity contribution in [3.63, 3.8) is 0 Å². The molecule has 30 heavy (non-hydrogen) atoms. The number of primary amides is 1. The Morgan fingerprint density at radius 1 is 1.17 bits per heavy atom. The second kappa shape index (κ2) is 7.90. The number of carbonyl (C=O) groups excluding carboxylic acids is 3. The molecule has 0 unspecified atom stereocenters. The maximum Gasteiger partial charge on any atom is 0.313 e. The standard InChI is InChI=1S/C20H21N7O3/c1-11-2-3-16(12-4-14-8-24-26-18(14)23-7-12)27(10-11)20(30)19(29)25-15-5-13(17(21)28)6-22-9-15/h4-9,11,16H,2-3,10H2,1H3,(H2,21,28)(H,25,29)(H,23,24,26)/t11-,16+/m1/s1. The fourth-order valence-corrected chi connectivity index (χ4v) is 3.72. The van der Waals surface area contributed by atoms with Crippen LogP contribution in [0, 0.1) is 5.92 Å². The lowest BCUT2D eigenvalue weighted by Crippen LogP contribution is -2.46. The van der Waals surface area contributed by atoms with Crippen molar-refractivity contribution in [2.24, 2.45) is 11.7 Å². The van der Waals surface area contributed by atoms with Gasteiger partial charge in [-0.25, -0.2) is 4.98 Å². The minimum atomic E-state index is -0.796. The van der Waals surface area contributed by atoms with Crippen molar-refractivity contribution in [3.05, 3.63) is 48.0 Å². The first-order valence-electron chi connectivity index (χ1n) is 9.58. The summed E-state index contributed by atoms with van der Waals surface area (Å²) in [5.41, 5.74) is 7.14. The second-order valence-corrected chi connectivity index (χ2v) is 7.51. The number of hydrogen-bond acceptors (Lipinski definition) is 6. The Morgan fingerprint density at radius 2 is 2.00 bits per heavy atom. The minimum Gasteiger partial charge on any atom is -0.366 e. The van der Waals surface area contributed by atoms with Crippen molar-refractivity contribution in [3.8, 4) is 0 Å². The molecule has 3 aromatic rings. The summed E-state index contributed by atoms with van der Waals surface area (Å²) in [5.74, 6) is -1.85. The van der Waals surface area contributed by atoms with E-state index in [4.69, 9.17) is 5.73 Å². The largest absolute Gasteiger partial charge is 0.366 e. The molecule has 0 saturated carbocycles. The Morgan fingerprint density at radius 3 is 2.80 bits per heavy atom. The third kappa shape index (κ3) is 3.84. The van der Waals surface area contributed by atoms with Crippen LogP contribution in [0.15, 0.2) is 36.9 Å². The van der Waals surface area contributed by atoms with E-state index in [1.54, 1.807) is 17.3 Å². The van der Waals surface area contributed by atoms with Crippen molar-refractivity contribution in [1.82, 2.24) is 25.1 Å². The average molecular weight is 407 g/mol. The molecule has 0 aromatic carbocycles. The van der Waals surface area contributed by atoms with Crippen molar-refractivity contribution in [2.75, 3.05) is 11.9 Å². The van der Waals surface area contributed by atoms with Crippen LogP contribution in [-0.4, -0.2) is 49.3 Å². The van der Waals surface area contributed by atoms with Crippen LogP contribution < -0.4 is 11.1 Å². The number of anilines is 1. The second-order valence-electron chi connectivity index (χ2n) is 7.51. The Hall–Kier alpha value is -3.82. The molecule has 4 rings (SSSR count). The van der Waals surface area contributed by atoms with Gasteiger partial charge in [0.05, 0.1) is 29.7 Å². The Labute approximate surface area is 171 Å². The summed E-state index contributed by atoms with van der Waals surface area (Å²) in [6, 6.07) is 3.06. The smallest absolute Gasteiger partial charge is 0.313 e. The number of amides is 3. The molecule has 4 heterocycles. The SMILES string of the molecule is C[C@@H]1CC[C@@H](c2cnc3[nH]ncc3c2)N(C(=O)C(=O)Nc2cncc(C(N)=O)c2)C1. The van der Waals surface area contributed by atoms with Crippen LogP contribution in [0.4, 0.5) is 5.69 Å². The fourth-order valence-electron chi connectivity index (χ4n) is 3.72. The number of likely N-dealkylation sites (tertiary alicyclic amines) is 1. The quantitative estimate of drug-likeness (QED) is 0.559. The minimum absolute atomic E-state index is 0.143. The molecule has 10 heteroatoms. The summed E-state index contributed by atoms with van der Waals surface area (Å²) >= 11 is 0. The van der Waals surface area contributed by atoms with Crippen LogP contribution in [0.2, 0.25) is 0 Å². The van der Waals surface area contributed by atoms with Gasteiger partial charge < -0.3 is 16.0 Å². The van der Waals surface area contributed by atoms with E-state index >= 15 is 0 Å². The number of piperidine rings is 1. The molecule has 3 aromatic heterocycles. The molecular weight excluding hydrogens is 386 g/mol. The molecule has 1 fully saturated rings. The van der Waals surface area contributed by atoms with E-state index in [0.29, 0.717) is 12.2 Å². The highest BCUT2D eigenvalue weighted by molar-refractivity contribution is 6.39. The van der Waals surface area contributed by atoms with Gasteiger partial charge in [0.15, 0.2) is 5.65 Å². The average Bonchev–Trinajstić information content (AvgIpc) is 3.21. The number of pyridine rings is 2. The molecule has 3 amide bonds. The molecular formula is C20H21N7O3. The van der Waals surface area contributed by atoms with E-state index in [2.05, 4.69) is 25.5 Å². The summed E-state index contributed by atoms with van der Waals surface area (Å²) < 4.78 is 0. The monoisotopic (exact) mass is 407 g/mol. The Kier molecular flexibility index (Phi) is 5.13. The lowest BCUT2D eigenvalue weighted by Gasteiger charge is -2.38. The van der Waals surface area contributed by atoms with Gasteiger partial charge in [0.2, 0.25) is 5.91 Å². The van der Waals surface area contributed by atoms with Crippen LogP contribution >= 0.6 is 0 Å². The van der Waals surface area contributed by atoms with Gasteiger partial charge in [-0.3, -0.25) is 24.5 Å². The van der Waals surface area contributed by atoms with Gasteiger partial charge in [0.25, 0.3) is 0 Å². The molecule has 154 valence electrons. The van der Waals surface area contributed by atoms with Gasteiger partial charge in [-0.15, -0.1) is 0 Å². The van der Waals surface area contributed by atoms with Crippen LogP contribution in [0.5, 0.6) is 0 Å². The van der Waals surface area contributed by atoms with Crippen LogP contribution in [0.1, 0.15) is 41.7 Å². The number of fused-ring (bicyclic) bond motifs is 1. The van der Waals surface area contributed by atoms with E-state index in [0.717, 1.165) is 23.8 Å². The zero-order valence-electron chi connectivity index (χ0n) is 16.3. The predicted molar refractivity (Wildman–Crippen MR) is 108 cm³/mol. The van der Waals surface area contributed by atoms with Crippen LogP contribution in [0.25, 0.3) is 11.0 Å². The zero-order chi connectivity index (χ0) is 21.3. The topological polar surface area (TPSA) is 147 Å².